The largest absolute Gasteiger partial charge is 0.380 e. The van der Waals surface area contributed by atoms with Gasteiger partial charge in [-0.3, -0.25) is 9.69 Å². The van der Waals surface area contributed by atoms with Crippen LogP contribution in [0, 0.1) is 5.82 Å². The number of halogens is 1. The summed E-state index contributed by atoms with van der Waals surface area (Å²) < 4.78 is 20.6. The SMILES string of the molecule is CO[C@H]1C[C@@H](C(=O)NCCc2cn(C)c3cc(F)ccc23)N(C)C1. The van der Waals surface area contributed by atoms with Crippen LogP contribution in [0.1, 0.15) is 12.0 Å². The number of likely N-dealkylation sites (tertiary alicyclic amines) is 1. The van der Waals surface area contributed by atoms with Gasteiger partial charge in [0.2, 0.25) is 5.91 Å². The number of hydrogen-bond acceptors (Lipinski definition) is 3. The van der Waals surface area contributed by atoms with Gasteiger partial charge in [-0.25, -0.2) is 4.39 Å². The average Bonchev–Trinajstić information content (AvgIpc) is 3.08. The highest BCUT2D eigenvalue weighted by Gasteiger charge is 2.34. The molecule has 1 saturated heterocycles. The van der Waals surface area contributed by atoms with Crippen molar-refractivity contribution in [1.29, 1.82) is 0 Å². The lowest BCUT2D eigenvalue weighted by Gasteiger charge is -2.18. The Bertz CT molecular complexity index is 743. The first-order chi connectivity index (χ1) is 11.5. The zero-order chi connectivity index (χ0) is 17.3. The Kier molecular flexibility index (Phi) is 4.87. The molecular weight excluding hydrogens is 309 g/mol. The number of nitrogens with zero attached hydrogens (tertiary/aromatic N) is 2. The molecule has 0 aliphatic carbocycles. The highest BCUT2D eigenvalue weighted by atomic mass is 19.1. The Balaban J connectivity index is 1.60. The first kappa shape index (κ1) is 16.9. The summed E-state index contributed by atoms with van der Waals surface area (Å²) in [5.74, 6) is -0.191. The minimum atomic E-state index is -0.236. The molecule has 1 amide bonds. The van der Waals surface area contributed by atoms with E-state index in [2.05, 4.69) is 5.32 Å². The van der Waals surface area contributed by atoms with E-state index < -0.39 is 0 Å². The van der Waals surface area contributed by atoms with Gasteiger partial charge >= 0.3 is 0 Å². The molecule has 0 unspecified atom stereocenters. The summed E-state index contributed by atoms with van der Waals surface area (Å²) in [7, 11) is 5.53. The van der Waals surface area contributed by atoms with Crippen molar-refractivity contribution in [2.24, 2.45) is 7.05 Å². The standard InChI is InChI=1S/C18H24FN3O2/c1-21-10-12(15-5-4-13(19)8-16(15)21)6-7-20-18(23)17-9-14(24-3)11-22(17)2/h4-5,8,10,14,17H,6-7,9,11H2,1-3H3,(H,20,23)/t14-,17-/m0/s1. The number of amides is 1. The number of methoxy groups -OCH3 is 1. The van der Waals surface area contributed by atoms with Crippen LogP contribution in [-0.4, -0.2) is 54.8 Å². The van der Waals surface area contributed by atoms with Gasteiger partial charge in [-0.1, -0.05) is 0 Å². The van der Waals surface area contributed by atoms with Gasteiger partial charge in [0.1, 0.15) is 5.82 Å². The van der Waals surface area contributed by atoms with E-state index in [0.717, 1.165) is 35.9 Å². The number of carbonyl (C=O) groups is 1. The molecule has 2 aromatic rings. The predicted octanol–water partition coefficient (Wildman–Crippen LogP) is 1.70. The van der Waals surface area contributed by atoms with Gasteiger partial charge < -0.3 is 14.6 Å². The van der Waals surface area contributed by atoms with E-state index in [1.54, 1.807) is 13.2 Å². The number of aromatic nitrogens is 1. The second-order valence-electron chi connectivity index (χ2n) is 6.52. The molecule has 2 heterocycles. The van der Waals surface area contributed by atoms with Gasteiger partial charge in [0.15, 0.2) is 0 Å². The van der Waals surface area contributed by atoms with E-state index >= 15 is 0 Å². The normalized spacial score (nSPS) is 21.5. The molecule has 1 aliphatic heterocycles. The van der Waals surface area contributed by atoms with E-state index in [1.807, 2.05) is 29.8 Å². The van der Waals surface area contributed by atoms with E-state index in [1.165, 1.54) is 12.1 Å². The molecule has 1 fully saturated rings. The molecule has 0 bridgehead atoms. The number of fused-ring (bicyclic) bond motifs is 1. The van der Waals surface area contributed by atoms with Crippen molar-refractivity contribution >= 4 is 16.8 Å². The van der Waals surface area contributed by atoms with Crippen molar-refractivity contribution in [2.75, 3.05) is 27.2 Å². The number of benzene rings is 1. The third kappa shape index (κ3) is 3.30. The quantitative estimate of drug-likeness (QED) is 0.906. The first-order valence-corrected chi connectivity index (χ1v) is 8.23. The van der Waals surface area contributed by atoms with E-state index in [4.69, 9.17) is 4.74 Å². The Morgan fingerprint density at radius 2 is 2.21 bits per heavy atom. The van der Waals surface area contributed by atoms with Crippen molar-refractivity contribution in [2.45, 2.75) is 25.0 Å². The van der Waals surface area contributed by atoms with Crippen molar-refractivity contribution in [1.82, 2.24) is 14.8 Å². The van der Waals surface area contributed by atoms with Gasteiger partial charge in [0, 0.05) is 38.8 Å². The van der Waals surface area contributed by atoms with Gasteiger partial charge in [0.05, 0.1) is 17.7 Å². The van der Waals surface area contributed by atoms with Crippen LogP contribution >= 0.6 is 0 Å². The Morgan fingerprint density at radius 1 is 1.42 bits per heavy atom. The summed E-state index contributed by atoms with van der Waals surface area (Å²) in [6.45, 7) is 1.35. The molecule has 6 heteroatoms. The summed E-state index contributed by atoms with van der Waals surface area (Å²) in [5.41, 5.74) is 1.98. The van der Waals surface area contributed by atoms with Crippen molar-refractivity contribution in [3.05, 3.63) is 35.8 Å². The Labute approximate surface area is 141 Å². The van der Waals surface area contributed by atoms with Gasteiger partial charge in [-0.05, 0) is 43.7 Å². The molecule has 3 rings (SSSR count). The van der Waals surface area contributed by atoms with E-state index in [0.29, 0.717) is 6.54 Å². The highest BCUT2D eigenvalue weighted by molar-refractivity contribution is 5.84. The first-order valence-electron chi connectivity index (χ1n) is 8.23. The van der Waals surface area contributed by atoms with Crippen LogP contribution in [-0.2, 0) is 23.0 Å². The lowest BCUT2D eigenvalue weighted by molar-refractivity contribution is -0.125. The van der Waals surface area contributed by atoms with Crippen LogP contribution in [0.3, 0.4) is 0 Å². The van der Waals surface area contributed by atoms with Crippen molar-refractivity contribution in [3.8, 4) is 0 Å². The summed E-state index contributed by atoms with van der Waals surface area (Å²) in [4.78, 5) is 14.4. The zero-order valence-electron chi connectivity index (χ0n) is 14.4. The second kappa shape index (κ2) is 6.91. The molecule has 24 heavy (non-hydrogen) atoms. The van der Waals surface area contributed by atoms with Crippen molar-refractivity contribution in [3.63, 3.8) is 0 Å². The maximum absolute atomic E-state index is 13.4. The topological polar surface area (TPSA) is 46.5 Å². The lowest BCUT2D eigenvalue weighted by Crippen LogP contribution is -2.42. The number of hydrogen-bond donors (Lipinski definition) is 1. The molecule has 0 spiro atoms. The molecular formula is C18H24FN3O2. The molecule has 1 aromatic heterocycles. The fraction of sp³-hybridized carbons (Fsp3) is 0.500. The fourth-order valence-corrected chi connectivity index (χ4v) is 3.51. The molecule has 2 atom stereocenters. The van der Waals surface area contributed by atoms with E-state index in [-0.39, 0.29) is 23.9 Å². The van der Waals surface area contributed by atoms with Gasteiger partial charge in [0.25, 0.3) is 0 Å². The van der Waals surface area contributed by atoms with Crippen LogP contribution in [0.4, 0.5) is 4.39 Å². The summed E-state index contributed by atoms with van der Waals surface area (Å²) >= 11 is 0. The number of ether oxygens (including phenoxy) is 1. The van der Waals surface area contributed by atoms with E-state index in [9.17, 15) is 9.18 Å². The molecule has 1 aliphatic rings. The Morgan fingerprint density at radius 3 is 2.92 bits per heavy atom. The molecule has 1 aromatic carbocycles. The molecule has 0 saturated carbocycles. The van der Waals surface area contributed by atoms with Gasteiger partial charge in [-0.2, -0.15) is 0 Å². The number of aryl methyl sites for hydroxylation is 1. The molecule has 5 nitrogen and oxygen atoms in total. The number of likely N-dealkylation sites (N-methyl/N-ethyl adjacent to an activating group) is 1. The van der Waals surface area contributed by atoms with Crippen molar-refractivity contribution < 1.29 is 13.9 Å². The summed E-state index contributed by atoms with van der Waals surface area (Å²) in [6, 6.07) is 4.69. The monoisotopic (exact) mass is 333 g/mol. The third-order valence-corrected chi connectivity index (χ3v) is 4.87. The molecule has 0 radical (unpaired) electrons. The lowest BCUT2D eigenvalue weighted by atomic mass is 10.1. The van der Waals surface area contributed by atoms with Crippen LogP contribution in [0.15, 0.2) is 24.4 Å². The zero-order valence-corrected chi connectivity index (χ0v) is 14.4. The van der Waals surface area contributed by atoms with Crippen LogP contribution in [0.5, 0.6) is 0 Å². The predicted molar refractivity (Wildman–Crippen MR) is 91.4 cm³/mol. The number of carbonyl (C=O) groups excluding carboxylic acids is 1. The second-order valence-corrected chi connectivity index (χ2v) is 6.52. The van der Waals surface area contributed by atoms with Crippen LogP contribution < -0.4 is 5.32 Å². The molecule has 130 valence electrons. The maximum atomic E-state index is 13.4. The maximum Gasteiger partial charge on any atom is 0.237 e. The smallest absolute Gasteiger partial charge is 0.237 e. The molecule has 1 N–H and O–H groups in total. The number of rotatable bonds is 5. The Hall–Kier alpha value is -1.92. The van der Waals surface area contributed by atoms with Crippen LogP contribution in [0.2, 0.25) is 0 Å². The fourth-order valence-electron chi connectivity index (χ4n) is 3.51. The third-order valence-electron chi connectivity index (χ3n) is 4.87. The minimum absolute atomic E-state index is 0.0448. The summed E-state index contributed by atoms with van der Waals surface area (Å²) in [6.07, 6.45) is 3.57. The average molecular weight is 333 g/mol. The van der Waals surface area contributed by atoms with Gasteiger partial charge in [-0.15, -0.1) is 0 Å². The van der Waals surface area contributed by atoms with Crippen LogP contribution in [0.25, 0.3) is 10.9 Å². The highest BCUT2D eigenvalue weighted by Crippen LogP contribution is 2.22. The summed E-state index contributed by atoms with van der Waals surface area (Å²) in [5, 5.41) is 4.05. The number of nitrogens with one attached hydrogen (secondary N) is 1. The minimum Gasteiger partial charge on any atom is -0.380 e.